The molecule has 25 heavy (non-hydrogen) atoms. The molecule has 0 radical (unpaired) electrons. The Balaban J connectivity index is 1.70. The Morgan fingerprint density at radius 3 is 2.48 bits per heavy atom. The summed E-state index contributed by atoms with van der Waals surface area (Å²) in [5.74, 6) is 0.126. The van der Waals surface area contributed by atoms with Gasteiger partial charge in [0.05, 0.1) is 11.5 Å². The molecule has 1 heterocycles. The Kier molecular flexibility index (Phi) is 4.82. The van der Waals surface area contributed by atoms with Gasteiger partial charge in [-0.1, -0.05) is 6.08 Å². The van der Waals surface area contributed by atoms with Crippen molar-refractivity contribution in [1.82, 2.24) is 0 Å². The van der Waals surface area contributed by atoms with Gasteiger partial charge in [0.25, 0.3) is 0 Å². The van der Waals surface area contributed by atoms with E-state index < -0.39 is 6.11 Å². The molecular weight excluding hydrogens is 328 g/mol. The monoisotopic (exact) mass is 351 g/mol. The van der Waals surface area contributed by atoms with Crippen LogP contribution in [0.1, 0.15) is 39.0 Å². The van der Waals surface area contributed by atoms with Crippen LogP contribution < -0.4 is 9.64 Å². The first-order valence-electron chi connectivity index (χ1n) is 8.66. The molecule has 3 rings (SSSR count). The maximum atomic E-state index is 13.4. The molecule has 0 unspecified atom stereocenters. The van der Waals surface area contributed by atoms with E-state index in [4.69, 9.17) is 0 Å². The molecule has 0 atom stereocenters. The number of alkyl halides is 2. The number of nitrogens with zero attached hydrogens (tertiary/aromatic N) is 1. The van der Waals surface area contributed by atoms with E-state index in [2.05, 4.69) is 4.74 Å². The number of hydrogen-bond donors (Lipinski definition) is 1. The van der Waals surface area contributed by atoms with E-state index in [1.54, 1.807) is 17.0 Å². The summed E-state index contributed by atoms with van der Waals surface area (Å²) in [4.78, 5) is 14.6. The highest BCUT2D eigenvalue weighted by atomic mass is 19.3. The molecule has 2 fully saturated rings. The lowest BCUT2D eigenvalue weighted by atomic mass is 9.72. The summed E-state index contributed by atoms with van der Waals surface area (Å²) in [7, 11) is 0. The Hall–Kier alpha value is -1.95. The van der Waals surface area contributed by atoms with Crippen LogP contribution in [-0.2, 0) is 4.79 Å². The lowest BCUT2D eigenvalue weighted by molar-refractivity contribution is -0.131. The third-order valence-corrected chi connectivity index (χ3v) is 5.19. The minimum atomic E-state index is -3.35. The van der Waals surface area contributed by atoms with Crippen LogP contribution >= 0.6 is 0 Å². The minimum absolute atomic E-state index is 0.0500. The number of aliphatic hydroxyl groups excluding tert-OH is 1. The highest BCUT2D eigenvalue weighted by Crippen LogP contribution is 2.46. The summed E-state index contributed by atoms with van der Waals surface area (Å²) >= 11 is 0. The van der Waals surface area contributed by atoms with E-state index in [0.29, 0.717) is 44.0 Å². The maximum absolute atomic E-state index is 13.4. The minimum Gasteiger partial charge on any atom is -0.429 e. The number of benzene rings is 1. The van der Waals surface area contributed by atoms with Crippen LogP contribution in [0, 0.1) is 5.41 Å². The number of amides is 1. The van der Waals surface area contributed by atoms with Gasteiger partial charge in [-0.15, -0.1) is 0 Å². The van der Waals surface area contributed by atoms with Gasteiger partial charge >= 0.3 is 6.11 Å². The van der Waals surface area contributed by atoms with Gasteiger partial charge < -0.3 is 14.7 Å². The molecule has 1 aliphatic carbocycles. The fourth-order valence-corrected chi connectivity index (χ4v) is 3.77. The van der Waals surface area contributed by atoms with Crippen molar-refractivity contribution in [3.8, 4) is 5.75 Å². The van der Waals surface area contributed by atoms with Crippen LogP contribution in [0.5, 0.6) is 5.75 Å². The lowest BCUT2D eigenvalue weighted by Gasteiger charge is -2.33. The van der Waals surface area contributed by atoms with E-state index in [1.165, 1.54) is 25.1 Å². The fraction of sp³-hybridized carbons (Fsp3) is 0.526. The summed E-state index contributed by atoms with van der Waals surface area (Å²) < 4.78 is 31.6. The Labute approximate surface area is 146 Å². The third-order valence-electron chi connectivity index (χ3n) is 5.19. The van der Waals surface area contributed by atoms with E-state index in [0.717, 1.165) is 6.42 Å². The first kappa shape index (κ1) is 17.9. The molecule has 0 bridgehead atoms. The Morgan fingerprint density at radius 1 is 1.24 bits per heavy atom. The molecule has 2 aliphatic rings. The standard InChI is InChI=1S/C19H23F2NO3/c1-2-9-19(20,21)25-16-5-3-14(4-6-16)22-13-12-18(17(22)24)10-7-15(23)8-11-18/h2-6,9,15,23H,7-8,10-13H2,1H3. The van der Waals surface area contributed by atoms with Crippen LogP contribution in [-0.4, -0.2) is 29.8 Å². The van der Waals surface area contributed by atoms with Gasteiger partial charge in [-0.25, -0.2) is 0 Å². The van der Waals surface area contributed by atoms with Crippen molar-refractivity contribution in [2.75, 3.05) is 11.4 Å². The molecule has 1 aliphatic heterocycles. The number of hydrogen-bond acceptors (Lipinski definition) is 3. The SMILES string of the molecule is CC=CC(F)(F)Oc1ccc(N2CCC3(CCC(O)CC3)C2=O)cc1. The van der Waals surface area contributed by atoms with Crippen molar-refractivity contribution in [3.63, 3.8) is 0 Å². The van der Waals surface area contributed by atoms with Crippen molar-refractivity contribution in [2.45, 2.75) is 51.2 Å². The molecule has 6 heteroatoms. The number of anilines is 1. The van der Waals surface area contributed by atoms with Gasteiger partial charge in [0.1, 0.15) is 5.75 Å². The fourth-order valence-electron chi connectivity index (χ4n) is 3.77. The zero-order chi connectivity index (χ0) is 18.1. The van der Waals surface area contributed by atoms with Crippen molar-refractivity contribution >= 4 is 11.6 Å². The predicted octanol–water partition coefficient (Wildman–Crippen LogP) is 3.89. The van der Waals surface area contributed by atoms with Gasteiger partial charge in [0.15, 0.2) is 0 Å². The number of halogens is 2. The molecule has 1 saturated heterocycles. The Bertz CT molecular complexity index is 649. The average molecular weight is 351 g/mol. The van der Waals surface area contributed by atoms with Gasteiger partial charge in [0.2, 0.25) is 5.91 Å². The van der Waals surface area contributed by atoms with E-state index in [9.17, 15) is 18.7 Å². The molecule has 1 aromatic rings. The quantitative estimate of drug-likeness (QED) is 0.837. The van der Waals surface area contributed by atoms with E-state index in [-0.39, 0.29) is 23.2 Å². The second kappa shape index (κ2) is 6.75. The summed E-state index contributed by atoms with van der Waals surface area (Å²) in [5.41, 5.74) is 0.322. The van der Waals surface area contributed by atoms with E-state index >= 15 is 0 Å². The van der Waals surface area contributed by atoms with E-state index in [1.807, 2.05) is 0 Å². The zero-order valence-electron chi connectivity index (χ0n) is 14.3. The highest BCUT2D eigenvalue weighted by Gasteiger charge is 2.48. The number of aliphatic hydroxyl groups is 1. The van der Waals surface area contributed by atoms with Crippen LogP contribution in [0.15, 0.2) is 36.4 Å². The number of rotatable bonds is 4. The molecule has 136 valence electrons. The van der Waals surface area contributed by atoms with Gasteiger partial charge in [-0.2, -0.15) is 8.78 Å². The second-order valence-electron chi connectivity index (χ2n) is 6.88. The average Bonchev–Trinajstić information content (AvgIpc) is 2.88. The van der Waals surface area contributed by atoms with Gasteiger partial charge in [-0.05, 0) is 63.3 Å². The molecule has 1 spiro atoms. The predicted molar refractivity (Wildman–Crippen MR) is 90.7 cm³/mol. The molecular formula is C19H23F2NO3. The van der Waals surface area contributed by atoms with Crippen LogP contribution in [0.4, 0.5) is 14.5 Å². The molecule has 1 saturated carbocycles. The number of carbonyl (C=O) groups excluding carboxylic acids is 1. The highest BCUT2D eigenvalue weighted by molar-refractivity contribution is 6.00. The van der Waals surface area contributed by atoms with Crippen molar-refractivity contribution in [3.05, 3.63) is 36.4 Å². The second-order valence-corrected chi connectivity index (χ2v) is 6.88. The molecule has 0 aromatic heterocycles. The summed E-state index contributed by atoms with van der Waals surface area (Å²) in [6.07, 6.45) is 1.77. The van der Waals surface area contributed by atoms with Crippen molar-refractivity contribution < 1.29 is 23.4 Å². The maximum Gasteiger partial charge on any atom is 0.419 e. The smallest absolute Gasteiger partial charge is 0.419 e. The number of ether oxygens (including phenoxy) is 1. The van der Waals surface area contributed by atoms with Crippen LogP contribution in [0.25, 0.3) is 0 Å². The first-order chi connectivity index (χ1) is 11.9. The summed E-state index contributed by atoms with van der Waals surface area (Å²) in [5, 5.41) is 9.68. The van der Waals surface area contributed by atoms with Crippen LogP contribution in [0.2, 0.25) is 0 Å². The van der Waals surface area contributed by atoms with Crippen LogP contribution in [0.3, 0.4) is 0 Å². The summed E-state index contributed by atoms with van der Waals surface area (Å²) in [6, 6.07) is 6.18. The normalized spacial score (nSPS) is 27.4. The topological polar surface area (TPSA) is 49.8 Å². The zero-order valence-corrected chi connectivity index (χ0v) is 14.3. The molecule has 1 amide bonds. The number of carbonyl (C=O) groups is 1. The van der Waals surface area contributed by atoms with Gasteiger partial charge in [-0.3, -0.25) is 4.79 Å². The van der Waals surface area contributed by atoms with Crippen molar-refractivity contribution in [1.29, 1.82) is 0 Å². The lowest BCUT2D eigenvalue weighted by Crippen LogP contribution is -2.38. The van der Waals surface area contributed by atoms with Gasteiger partial charge in [0, 0.05) is 18.3 Å². The largest absolute Gasteiger partial charge is 0.429 e. The van der Waals surface area contributed by atoms with Crippen molar-refractivity contribution in [2.24, 2.45) is 5.41 Å². The molecule has 4 nitrogen and oxygen atoms in total. The molecule has 1 N–H and O–H groups in total. The third kappa shape index (κ3) is 3.68. The summed E-state index contributed by atoms with van der Waals surface area (Å²) in [6.45, 7) is 2.11. The number of allylic oxidation sites excluding steroid dienone is 1. The Morgan fingerprint density at radius 2 is 1.88 bits per heavy atom. The first-order valence-corrected chi connectivity index (χ1v) is 8.66. The molecule has 1 aromatic carbocycles.